The molecule has 1 amide bonds. The van der Waals surface area contributed by atoms with Crippen LogP contribution in [0.25, 0.3) is 10.9 Å². The van der Waals surface area contributed by atoms with Crippen molar-refractivity contribution < 1.29 is 4.79 Å². The Morgan fingerprint density at radius 3 is 2.47 bits per heavy atom. The number of benzene rings is 2. The molecule has 5 heteroatoms. The van der Waals surface area contributed by atoms with Crippen LogP contribution in [0, 0.1) is 12.8 Å². The minimum absolute atomic E-state index is 0.154. The summed E-state index contributed by atoms with van der Waals surface area (Å²) in [7, 11) is 0. The number of hydrogen-bond donors (Lipinski definition) is 1. The van der Waals surface area contributed by atoms with E-state index in [0.29, 0.717) is 6.04 Å². The molecule has 0 unspecified atom stereocenters. The highest BCUT2D eigenvalue weighted by Crippen LogP contribution is 2.25. The van der Waals surface area contributed by atoms with Crippen molar-refractivity contribution in [1.29, 1.82) is 0 Å². The Labute approximate surface area is 216 Å². The minimum Gasteiger partial charge on any atom is -0.356 e. The van der Waals surface area contributed by atoms with E-state index in [4.69, 9.17) is 0 Å². The lowest BCUT2D eigenvalue weighted by Gasteiger charge is -2.31. The van der Waals surface area contributed by atoms with Crippen LogP contribution in [-0.4, -0.2) is 59.0 Å². The Kier molecular flexibility index (Phi) is 8.08. The average molecular weight is 487 g/mol. The molecule has 0 radical (unpaired) electrons. The highest BCUT2D eigenvalue weighted by Gasteiger charge is 2.26. The van der Waals surface area contributed by atoms with Crippen molar-refractivity contribution in [2.24, 2.45) is 5.92 Å². The van der Waals surface area contributed by atoms with Crippen LogP contribution in [0.3, 0.4) is 0 Å². The first-order valence-electron chi connectivity index (χ1n) is 13.9. The van der Waals surface area contributed by atoms with E-state index >= 15 is 0 Å². The van der Waals surface area contributed by atoms with Crippen molar-refractivity contribution in [3.63, 3.8) is 0 Å². The fraction of sp³-hybridized carbons (Fsp3) is 0.516. The van der Waals surface area contributed by atoms with E-state index in [2.05, 4.69) is 88.1 Å². The SMILES string of the molecule is Cc1ccccc1Cn1c(CN2CCC(C(=O)NCC[C@@H](C)N3CCCC3)CC2)cc2ccccc21. The Morgan fingerprint density at radius 2 is 1.69 bits per heavy atom. The Morgan fingerprint density at radius 1 is 0.972 bits per heavy atom. The Balaban J connectivity index is 1.16. The van der Waals surface area contributed by atoms with Gasteiger partial charge in [0.05, 0.1) is 0 Å². The number of para-hydroxylation sites is 1. The maximum atomic E-state index is 12.8. The predicted molar refractivity (Wildman–Crippen MR) is 148 cm³/mol. The predicted octanol–water partition coefficient (Wildman–Crippen LogP) is 5.20. The summed E-state index contributed by atoms with van der Waals surface area (Å²) in [6, 6.07) is 20.3. The third-order valence-corrected chi connectivity index (χ3v) is 8.46. The lowest BCUT2D eigenvalue weighted by molar-refractivity contribution is -0.126. The van der Waals surface area contributed by atoms with E-state index in [1.54, 1.807) is 0 Å². The topological polar surface area (TPSA) is 40.5 Å². The van der Waals surface area contributed by atoms with Gasteiger partial charge >= 0.3 is 0 Å². The van der Waals surface area contributed by atoms with Crippen molar-refractivity contribution in [1.82, 2.24) is 19.7 Å². The van der Waals surface area contributed by atoms with E-state index in [1.165, 1.54) is 53.7 Å². The molecule has 0 bridgehead atoms. The van der Waals surface area contributed by atoms with Crippen LogP contribution in [0.2, 0.25) is 0 Å². The zero-order chi connectivity index (χ0) is 24.9. The number of likely N-dealkylation sites (tertiary alicyclic amines) is 2. The number of fused-ring (bicyclic) bond motifs is 1. The lowest BCUT2D eigenvalue weighted by Crippen LogP contribution is -2.41. The molecule has 0 aliphatic carbocycles. The molecule has 0 spiro atoms. The van der Waals surface area contributed by atoms with Crippen LogP contribution >= 0.6 is 0 Å². The van der Waals surface area contributed by atoms with Gasteiger partial charge in [-0.3, -0.25) is 9.69 Å². The normalized spacial score (nSPS) is 18.6. The summed E-state index contributed by atoms with van der Waals surface area (Å²) >= 11 is 0. The van der Waals surface area contributed by atoms with Crippen molar-refractivity contribution in [2.45, 2.75) is 65.1 Å². The maximum absolute atomic E-state index is 12.8. The number of aryl methyl sites for hydroxylation is 1. The highest BCUT2D eigenvalue weighted by molar-refractivity contribution is 5.81. The second-order valence-electron chi connectivity index (χ2n) is 10.9. The van der Waals surface area contributed by atoms with Crippen LogP contribution in [0.5, 0.6) is 0 Å². The molecule has 2 fully saturated rings. The van der Waals surface area contributed by atoms with Gasteiger partial charge in [-0.05, 0) is 101 Å². The second kappa shape index (κ2) is 11.6. The van der Waals surface area contributed by atoms with E-state index in [-0.39, 0.29) is 11.8 Å². The fourth-order valence-corrected chi connectivity index (χ4v) is 6.04. The lowest BCUT2D eigenvalue weighted by atomic mass is 9.95. The number of carbonyl (C=O) groups is 1. The molecule has 2 aromatic carbocycles. The van der Waals surface area contributed by atoms with Crippen molar-refractivity contribution in [2.75, 3.05) is 32.7 Å². The molecule has 2 aliphatic rings. The molecular weight excluding hydrogens is 444 g/mol. The van der Waals surface area contributed by atoms with Gasteiger partial charge in [0.1, 0.15) is 0 Å². The van der Waals surface area contributed by atoms with Crippen LogP contribution in [-0.2, 0) is 17.9 Å². The first kappa shape index (κ1) is 25.0. The smallest absolute Gasteiger partial charge is 0.223 e. The van der Waals surface area contributed by atoms with Gasteiger partial charge in [0.2, 0.25) is 5.91 Å². The summed E-state index contributed by atoms with van der Waals surface area (Å²) in [6.07, 6.45) is 5.59. The number of hydrogen-bond acceptors (Lipinski definition) is 3. The van der Waals surface area contributed by atoms with Gasteiger partial charge in [-0.25, -0.2) is 0 Å². The second-order valence-corrected chi connectivity index (χ2v) is 10.9. The Hall–Kier alpha value is -2.63. The number of aromatic nitrogens is 1. The van der Waals surface area contributed by atoms with Crippen molar-refractivity contribution >= 4 is 16.8 Å². The molecule has 2 aliphatic heterocycles. The zero-order valence-electron chi connectivity index (χ0n) is 22.1. The van der Waals surface area contributed by atoms with Gasteiger partial charge in [-0.1, -0.05) is 42.5 Å². The molecule has 192 valence electrons. The van der Waals surface area contributed by atoms with Crippen LogP contribution in [0.4, 0.5) is 0 Å². The number of rotatable bonds is 9. The van der Waals surface area contributed by atoms with E-state index in [1.807, 2.05) is 0 Å². The summed E-state index contributed by atoms with van der Waals surface area (Å²) in [4.78, 5) is 17.9. The number of nitrogens with zero attached hydrogens (tertiary/aromatic N) is 3. The number of piperidine rings is 1. The van der Waals surface area contributed by atoms with Crippen LogP contribution in [0.15, 0.2) is 54.6 Å². The van der Waals surface area contributed by atoms with E-state index < -0.39 is 0 Å². The molecule has 0 saturated carbocycles. The summed E-state index contributed by atoms with van der Waals surface area (Å²) in [5.74, 6) is 0.415. The average Bonchev–Trinajstić information content (AvgIpc) is 3.55. The van der Waals surface area contributed by atoms with Gasteiger partial charge in [0.25, 0.3) is 0 Å². The first-order valence-corrected chi connectivity index (χ1v) is 13.9. The molecule has 5 rings (SSSR count). The Bertz CT molecular complexity index is 1150. The standard InChI is InChI=1S/C31H42N4O/c1-24-9-3-4-11-28(24)22-35-29(21-27-10-5-6-12-30(27)35)23-33-19-14-26(15-20-33)31(36)32-16-13-25(2)34-17-7-8-18-34/h3-6,9-12,21,25-26H,7-8,13-20,22-23H2,1-2H3,(H,32,36)/t25-/m1/s1. The van der Waals surface area contributed by atoms with E-state index in [9.17, 15) is 4.79 Å². The molecule has 1 aromatic heterocycles. The monoisotopic (exact) mass is 486 g/mol. The van der Waals surface area contributed by atoms with Gasteiger partial charge in [-0.15, -0.1) is 0 Å². The summed E-state index contributed by atoms with van der Waals surface area (Å²) in [6.45, 7) is 11.5. The maximum Gasteiger partial charge on any atom is 0.223 e. The molecule has 3 aromatic rings. The summed E-state index contributed by atoms with van der Waals surface area (Å²) in [5.41, 5.74) is 5.36. The van der Waals surface area contributed by atoms with Crippen LogP contribution in [0.1, 0.15) is 55.8 Å². The zero-order valence-corrected chi connectivity index (χ0v) is 22.1. The molecule has 2 saturated heterocycles. The molecule has 1 atom stereocenters. The van der Waals surface area contributed by atoms with Crippen molar-refractivity contribution in [3.05, 3.63) is 71.4 Å². The molecule has 36 heavy (non-hydrogen) atoms. The van der Waals surface area contributed by atoms with Gasteiger partial charge in [0, 0.05) is 42.8 Å². The number of nitrogens with one attached hydrogen (secondary N) is 1. The fourth-order valence-electron chi connectivity index (χ4n) is 6.04. The summed E-state index contributed by atoms with van der Waals surface area (Å²) < 4.78 is 2.48. The highest BCUT2D eigenvalue weighted by atomic mass is 16.1. The molecule has 5 nitrogen and oxygen atoms in total. The summed E-state index contributed by atoms with van der Waals surface area (Å²) in [5, 5.41) is 4.55. The van der Waals surface area contributed by atoms with Crippen LogP contribution < -0.4 is 5.32 Å². The van der Waals surface area contributed by atoms with E-state index in [0.717, 1.165) is 52.0 Å². The first-order chi connectivity index (χ1) is 17.6. The largest absolute Gasteiger partial charge is 0.356 e. The quantitative estimate of drug-likeness (QED) is 0.452. The van der Waals surface area contributed by atoms with Gasteiger partial charge in [0.15, 0.2) is 0 Å². The third kappa shape index (κ3) is 5.84. The molecule has 1 N–H and O–H groups in total. The number of carbonyl (C=O) groups excluding carboxylic acids is 1. The van der Waals surface area contributed by atoms with Crippen molar-refractivity contribution in [3.8, 4) is 0 Å². The minimum atomic E-state index is 0.154. The van der Waals surface area contributed by atoms with Gasteiger partial charge in [-0.2, -0.15) is 0 Å². The third-order valence-electron chi connectivity index (χ3n) is 8.46. The van der Waals surface area contributed by atoms with Gasteiger partial charge < -0.3 is 14.8 Å². The molecular formula is C31H42N4O. The number of amides is 1. The molecule has 3 heterocycles.